The van der Waals surface area contributed by atoms with Crippen LogP contribution in [0.2, 0.25) is 0 Å². The molecule has 1 atom stereocenters. The minimum absolute atomic E-state index is 0.0475. The predicted octanol–water partition coefficient (Wildman–Crippen LogP) is 3.02. The SMILES string of the molecule is OC(c1ncccc1-c1cc(F)c2nonc2c1)C(F)(F)F. The zero-order chi connectivity index (χ0) is 15.9. The molecule has 0 aliphatic carbocycles. The molecule has 1 N–H and O–H groups in total. The fourth-order valence-corrected chi connectivity index (χ4v) is 2.04. The molecule has 3 rings (SSSR count). The molecule has 0 spiro atoms. The Morgan fingerprint density at radius 1 is 1.18 bits per heavy atom. The molecule has 2 aromatic heterocycles. The molecule has 5 nitrogen and oxygen atoms in total. The van der Waals surface area contributed by atoms with Gasteiger partial charge in [-0.3, -0.25) is 4.98 Å². The number of aliphatic hydroxyl groups excluding tert-OH is 1. The highest BCUT2D eigenvalue weighted by molar-refractivity contribution is 5.82. The van der Waals surface area contributed by atoms with Crippen LogP contribution < -0.4 is 0 Å². The van der Waals surface area contributed by atoms with Gasteiger partial charge in [-0.05, 0) is 34.1 Å². The van der Waals surface area contributed by atoms with Crippen molar-refractivity contribution in [2.24, 2.45) is 0 Å². The van der Waals surface area contributed by atoms with Crippen molar-refractivity contribution in [1.82, 2.24) is 15.3 Å². The number of nitrogens with zero attached hydrogens (tertiary/aromatic N) is 3. The van der Waals surface area contributed by atoms with Gasteiger partial charge in [-0.2, -0.15) is 13.2 Å². The first-order valence-electron chi connectivity index (χ1n) is 6.00. The van der Waals surface area contributed by atoms with E-state index in [1.807, 2.05) is 0 Å². The van der Waals surface area contributed by atoms with Gasteiger partial charge in [0.15, 0.2) is 17.4 Å². The molecular formula is C13H7F4N3O2. The molecule has 0 aliphatic heterocycles. The normalized spacial score (nSPS) is 13.5. The molecule has 3 aromatic rings. The number of halogens is 4. The molecule has 1 unspecified atom stereocenters. The van der Waals surface area contributed by atoms with Crippen LogP contribution in [-0.2, 0) is 0 Å². The van der Waals surface area contributed by atoms with Crippen LogP contribution >= 0.6 is 0 Å². The first kappa shape index (κ1) is 14.4. The van der Waals surface area contributed by atoms with Crippen LogP contribution in [0, 0.1) is 5.82 Å². The van der Waals surface area contributed by atoms with E-state index in [1.165, 1.54) is 18.2 Å². The highest BCUT2D eigenvalue weighted by Gasteiger charge is 2.41. The lowest BCUT2D eigenvalue weighted by atomic mass is 10.00. The van der Waals surface area contributed by atoms with Gasteiger partial charge < -0.3 is 5.11 Å². The maximum absolute atomic E-state index is 13.9. The molecule has 0 amide bonds. The summed E-state index contributed by atoms with van der Waals surface area (Å²) in [6, 6.07) is 4.96. The lowest BCUT2D eigenvalue weighted by molar-refractivity contribution is -0.207. The van der Waals surface area contributed by atoms with Crippen molar-refractivity contribution in [3.05, 3.63) is 42.0 Å². The van der Waals surface area contributed by atoms with Gasteiger partial charge in [0, 0.05) is 11.8 Å². The van der Waals surface area contributed by atoms with Crippen LogP contribution in [0.3, 0.4) is 0 Å². The monoisotopic (exact) mass is 313 g/mol. The summed E-state index contributed by atoms with van der Waals surface area (Å²) >= 11 is 0. The number of hydrogen-bond acceptors (Lipinski definition) is 5. The molecule has 0 aliphatic rings. The smallest absolute Gasteiger partial charge is 0.378 e. The number of hydrogen-bond donors (Lipinski definition) is 1. The van der Waals surface area contributed by atoms with Gasteiger partial charge in [0.05, 0.1) is 5.69 Å². The number of benzene rings is 1. The van der Waals surface area contributed by atoms with Gasteiger partial charge in [0.25, 0.3) is 0 Å². The molecule has 0 saturated heterocycles. The van der Waals surface area contributed by atoms with E-state index in [-0.39, 0.29) is 22.2 Å². The molecule has 0 fully saturated rings. The van der Waals surface area contributed by atoms with E-state index in [4.69, 9.17) is 0 Å². The second-order valence-electron chi connectivity index (χ2n) is 4.47. The Hall–Kier alpha value is -2.55. The lowest BCUT2D eigenvalue weighted by Gasteiger charge is -2.17. The average molecular weight is 313 g/mol. The molecule has 0 bridgehead atoms. The quantitative estimate of drug-likeness (QED) is 0.736. The van der Waals surface area contributed by atoms with Gasteiger partial charge in [-0.25, -0.2) is 9.02 Å². The first-order valence-corrected chi connectivity index (χ1v) is 6.00. The summed E-state index contributed by atoms with van der Waals surface area (Å²) in [6.07, 6.45) is -6.56. The summed E-state index contributed by atoms with van der Waals surface area (Å²) in [7, 11) is 0. The maximum atomic E-state index is 13.9. The van der Waals surface area contributed by atoms with Crippen molar-refractivity contribution in [3.8, 4) is 11.1 Å². The third kappa shape index (κ3) is 2.39. The van der Waals surface area contributed by atoms with E-state index >= 15 is 0 Å². The van der Waals surface area contributed by atoms with Gasteiger partial charge in [-0.15, -0.1) is 0 Å². The zero-order valence-corrected chi connectivity index (χ0v) is 10.7. The summed E-state index contributed by atoms with van der Waals surface area (Å²) in [4.78, 5) is 3.57. The van der Waals surface area contributed by atoms with E-state index in [2.05, 4.69) is 19.9 Å². The summed E-state index contributed by atoms with van der Waals surface area (Å²) in [5, 5.41) is 16.2. The Labute approximate surface area is 120 Å². The highest BCUT2D eigenvalue weighted by atomic mass is 19.4. The molecule has 22 heavy (non-hydrogen) atoms. The van der Waals surface area contributed by atoms with Gasteiger partial charge >= 0.3 is 6.18 Å². The average Bonchev–Trinajstić information content (AvgIpc) is 2.94. The molecule has 9 heteroatoms. The summed E-state index contributed by atoms with van der Waals surface area (Å²) in [5.74, 6) is -0.801. The van der Waals surface area contributed by atoms with Crippen LogP contribution in [0.4, 0.5) is 17.6 Å². The topological polar surface area (TPSA) is 72.0 Å². The van der Waals surface area contributed by atoms with E-state index in [0.717, 1.165) is 12.3 Å². The third-order valence-corrected chi connectivity index (χ3v) is 3.03. The Morgan fingerprint density at radius 3 is 2.68 bits per heavy atom. The molecular weight excluding hydrogens is 306 g/mol. The number of alkyl halides is 3. The van der Waals surface area contributed by atoms with Crippen molar-refractivity contribution >= 4 is 11.0 Å². The summed E-state index contributed by atoms with van der Waals surface area (Å²) < 4.78 is 56.4. The van der Waals surface area contributed by atoms with Crippen molar-refractivity contribution in [1.29, 1.82) is 0 Å². The van der Waals surface area contributed by atoms with Gasteiger partial charge in [0.1, 0.15) is 5.52 Å². The second kappa shape index (κ2) is 5.02. The lowest BCUT2D eigenvalue weighted by Crippen LogP contribution is -2.22. The largest absolute Gasteiger partial charge is 0.420 e. The van der Waals surface area contributed by atoms with Crippen molar-refractivity contribution < 1.29 is 27.3 Å². The van der Waals surface area contributed by atoms with Crippen LogP contribution in [-0.4, -0.2) is 26.6 Å². The number of fused-ring (bicyclic) bond motifs is 1. The minimum atomic E-state index is -4.89. The number of aromatic nitrogens is 3. The van der Waals surface area contributed by atoms with E-state index in [1.54, 1.807) is 0 Å². The Bertz CT molecular complexity index is 832. The number of pyridine rings is 1. The first-order chi connectivity index (χ1) is 10.4. The number of rotatable bonds is 2. The molecule has 0 saturated carbocycles. The fourth-order valence-electron chi connectivity index (χ4n) is 2.04. The Morgan fingerprint density at radius 2 is 1.95 bits per heavy atom. The van der Waals surface area contributed by atoms with Gasteiger partial charge in [0.2, 0.25) is 0 Å². The summed E-state index contributed by atoms with van der Waals surface area (Å²) in [6.45, 7) is 0. The van der Waals surface area contributed by atoms with Crippen LogP contribution in [0.25, 0.3) is 22.2 Å². The van der Waals surface area contributed by atoms with E-state index < -0.39 is 23.8 Å². The van der Waals surface area contributed by atoms with Crippen LogP contribution in [0.15, 0.2) is 35.1 Å². The molecule has 2 heterocycles. The highest BCUT2D eigenvalue weighted by Crippen LogP contribution is 2.37. The fraction of sp³-hybridized carbons (Fsp3) is 0.154. The van der Waals surface area contributed by atoms with Crippen LogP contribution in [0.1, 0.15) is 11.8 Å². The minimum Gasteiger partial charge on any atom is -0.378 e. The number of aliphatic hydroxyl groups is 1. The third-order valence-electron chi connectivity index (χ3n) is 3.03. The Balaban J connectivity index is 2.18. The second-order valence-corrected chi connectivity index (χ2v) is 4.47. The molecule has 0 radical (unpaired) electrons. The van der Waals surface area contributed by atoms with E-state index in [9.17, 15) is 22.7 Å². The molecule has 114 valence electrons. The van der Waals surface area contributed by atoms with Crippen molar-refractivity contribution in [3.63, 3.8) is 0 Å². The molecule has 1 aromatic carbocycles. The van der Waals surface area contributed by atoms with E-state index in [0.29, 0.717) is 0 Å². The standard InChI is InChI=1S/C13H7F4N3O2/c14-8-4-6(5-9-11(8)20-22-19-9)7-2-1-3-18-10(7)12(21)13(15,16)17/h1-5,12,21H. The Kier molecular flexibility index (Phi) is 3.28. The van der Waals surface area contributed by atoms with Crippen molar-refractivity contribution in [2.45, 2.75) is 12.3 Å². The van der Waals surface area contributed by atoms with Crippen molar-refractivity contribution in [2.75, 3.05) is 0 Å². The maximum Gasteiger partial charge on any atom is 0.420 e. The predicted molar refractivity (Wildman–Crippen MR) is 66.0 cm³/mol. The van der Waals surface area contributed by atoms with Crippen LogP contribution in [0.5, 0.6) is 0 Å². The summed E-state index contributed by atoms with van der Waals surface area (Å²) in [5.41, 5.74) is -0.690. The van der Waals surface area contributed by atoms with Gasteiger partial charge in [-0.1, -0.05) is 6.07 Å². The zero-order valence-electron chi connectivity index (χ0n) is 10.7.